The van der Waals surface area contributed by atoms with E-state index in [1.807, 2.05) is 6.07 Å². The van der Waals surface area contributed by atoms with Crippen molar-refractivity contribution in [2.45, 2.75) is 31.7 Å². The average molecular weight is 263 g/mol. The summed E-state index contributed by atoms with van der Waals surface area (Å²) in [5.41, 5.74) is 13.1. The van der Waals surface area contributed by atoms with Gasteiger partial charge < -0.3 is 21.5 Å². The fourth-order valence-corrected chi connectivity index (χ4v) is 2.65. The molecule has 1 saturated heterocycles. The molecule has 0 saturated carbocycles. The first-order chi connectivity index (χ1) is 9.13. The predicted octanol–water partition coefficient (Wildman–Crippen LogP) is 1.11. The van der Waals surface area contributed by atoms with Gasteiger partial charge in [0.05, 0.1) is 24.0 Å². The highest BCUT2D eigenvalue weighted by atomic mass is 16.3. The minimum absolute atomic E-state index is 0.101. The third-order valence-corrected chi connectivity index (χ3v) is 3.71. The minimum Gasteiger partial charge on any atom is -0.397 e. The van der Waals surface area contributed by atoms with Crippen LogP contribution in [0.2, 0.25) is 0 Å². The molecule has 19 heavy (non-hydrogen) atoms. The monoisotopic (exact) mass is 263 g/mol. The number of benzene rings is 1. The first kappa shape index (κ1) is 13.7. The van der Waals surface area contributed by atoms with E-state index >= 15 is 0 Å². The number of primary amides is 1. The van der Waals surface area contributed by atoms with Gasteiger partial charge in [-0.15, -0.1) is 0 Å². The Morgan fingerprint density at radius 3 is 2.79 bits per heavy atom. The number of hydrogen-bond donors (Lipinski definition) is 3. The third-order valence-electron chi connectivity index (χ3n) is 3.71. The molecule has 1 fully saturated rings. The van der Waals surface area contributed by atoms with Crippen molar-refractivity contribution in [1.82, 2.24) is 0 Å². The molecule has 0 bridgehead atoms. The summed E-state index contributed by atoms with van der Waals surface area (Å²) in [4.78, 5) is 13.3. The number of rotatable bonds is 3. The second-order valence-electron chi connectivity index (χ2n) is 5.02. The standard InChI is InChI=1S/C14H21N3O2/c15-12-8-10(14(16)19)5-6-13(12)17-7-3-1-2-4-11(17)9-18/h5-6,8,11,18H,1-4,7,9,15H2,(H2,16,19). The molecule has 104 valence electrons. The van der Waals surface area contributed by atoms with Crippen molar-refractivity contribution in [3.8, 4) is 0 Å². The van der Waals surface area contributed by atoms with E-state index in [-0.39, 0.29) is 12.6 Å². The van der Waals surface area contributed by atoms with E-state index in [0.717, 1.165) is 31.5 Å². The number of carbonyl (C=O) groups excluding carboxylic acids is 1. The zero-order valence-electron chi connectivity index (χ0n) is 11.0. The van der Waals surface area contributed by atoms with E-state index in [1.165, 1.54) is 6.42 Å². The van der Waals surface area contributed by atoms with Crippen LogP contribution in [0.25, 0.3) is 0 Å². The predicted molar refractivity (Wildman–Crippen MR) is 76.1 cm³/mol. The van der Waals surface area contributed by atoms with Gasteiger partial charge in [-0.1, -0.05) is 12.8 Å². The van der Waals surface area contributed by atoms with Gasteiger partial charge in [0, 0.05) is 12.1 Å². The van der Waals surface area contributed by atoms with Crippen LogP contribution in [0.4, 0.5) is 11.4 Å². The van der Waals surface area contributed by atoms with Crippen LogP contribution in [0.3, 0.4) is 0 Å². The molecule has 0 radical (unpaired) electrons. The molecule has 0 aliphatic carbocycles. The molecule has 5 nitrogen and oxygen atoms in total. The second kappa shape index (κ2) is 5.93. The van der Waals surface area contributed by atoms with E-state index in [9.17, 15) is 9.90 Å². The number of nitrogens with two attached hydrogens (primary N) is 2. The van der Waals surface area contributed by atoms with Crippen molar-refractivity contribution >= 4 is 17.3 Å². The smallest absolute Gasteiger partial charge is 0.248 e. The molecule has 1 amide bonds. The maximum absolute atomic E-state index is 11.1. The van der Waals surface area contributed by atoms with Gasteiger partial charge in [-0.3, -0.25) is 4.79 Å². The van der Waals surface area contributed by atoms with E-state index in [2.05, 4.69) is 4.90 Å². The normalized spacial score (nSPS) is 20.1. The Labute approximate surface area is 113 Å². The van der Waals surface area contributed by atoms with Crippen LogP contribution in [0, 0.1) is 0 Å². The van der Waals surface area contributed by atoms with Crippen molar-refractivity contribution in [2.24, 2.45) is 5.73 Å². The highest BCUT2D eigenvalue weighted by Crippen LogP contribution is 2.29. The van der Waals surface area contributed by atoms with Crippen molar-refractivity contribution in [3.05, 3.63) is 23.8 Å². The molecule has 1 unspecified atom stereocenters. The van der Waals surface area contributed by atoms with Gasteiger partial charge in [0.1, 0.15) is 0 Å². The van der Waals surface area contributed by atoms with Crippen LogP contribution in [-0.2, 0) is 0 Å². The van der Waals surface area contributed by atoms with Crippen LogP contribution < -0.4 is 16.4 Å². The maximum atomic E-state index is 11.1. The van der Waals surface area contributed by atoms with Crippen LogP contribution in [-0.4, -0.2) is 30.2 Å². The Hall–Kier alpha value is -1.75. The molecule has 1 aromatic carbocycles. The Morgan fingerprint density at radius 2 is 2.16 bits per heavy atom. The first-order valence-corrected chi connectivity index (χ1v) is 6.70. The zero-order valence-corrected chi connectivity index (χ0v) is 11.0. The fraction of sp³-hybridized carbons (Fsp3) is 0.500. The first-order valence-electron chi connectivity index (χ1n) is 6.70. The lowest BCUT2D eigenvalue weighted by atomic mass is 10.1. The molecule has 5 heteroatoms. The van der Waals surface area contributed by atoms with Gasteiger partial charge in [0.25, 0.3) is 0 Å². The van der Waals surface area contributed by atoms with Gasteiger partial charge in [0.15, 0.2) is 0 Å². The lowest BCUT2D eigenvalue weighted by molar-refractivity contribution is 0.100. The summed E-state index contributed by atoms with van der Waals surface area (Å²) in [6, 6.07) is 5.22. The number of carbonyl (C=O) groups is 1. The quantitative estimate of drug-likeness (QED) is 0.712. The molecule has 5 N–H and O–H groups in total. The number of aliphatic hydroxyl groups is 1. The van der Waals surface area contributed by atoms with Crippen molar-refractivity contribution in [2.75, 3.05) is 23.8 Å². The molecule has 0 spiro atoms. The number of anilines is 2. The fourth-order valence-electron chi connectivity index (χ4n) is 2.65. The summed E-state index contributed by atoms with van der Waals surface area (Å²) in [5, 5.41) is 9.52. The van der Waals surface area contributed by atoms with Gasteiger partial charge in [-0.25, -0.2) is 0 Å². The molecule has 1 atom stereocenters. The van der Waals surface area contributed by atoms with Crippen molar-refractivity contribution in [1.29, 1.82) is 0 Å². The lowest BCUT2D eigenvalue weighted by Crippen LogP contribution is -2.38. The highest BCUT2D eigenvalue weighted by Gasteiger charge is 2.22. The summed E-state index contributed by atoms with van der Waals surface area (Å²) >= 11 is 0. The molecule has 2 rings (SSSR count). The van der Waals surface area contributed by atoms with Gasteiger partial charge >= 0.3 is 0 Å². The topological polar surface area (TPSA) is 92.6 Å². The summed E-state index contributed by atoms with van der Waals surface area (Å²) in [5.74, 6) is -0.479. The second-order valence-corrected chi connectivity index (χ2v) is 5.02. The van der Waals surface area contributed by atoms with Crippen LogP contribution in [0.1, 0.15) is 36.0 Å². The molecular weight excluding hydrogens is 242 g/mol. The van der Waals surface area contributed by atoms with Gasteiger partial charge in [-0.2, -0.15) is 0 Å². The lowest BCUT2D eigenvalue weighted by Gasteiger charge is -2.31. The molecule has 1 aliphatic heterocycles. The van der Waals surface area contributed by atoms with Crippen molar-refractivity contribution in [3.63, 3.8) is 0 Å². The number of nitrogens with zero attached hydrogens (tertiary/aromatic N) is 1. The number of hydrogen-bond acceptors (Lipinski definition) is 4. The average Bonchev–Trinajstić information content (AvgIpc) is 2.63. The Kier molecular flexibility index (Phi) is 4.27. The number of amides is 1. The largest absolute Gasteiger partial charge is 0.397 e. The minimum atomic E-state index is -0.479. The summed E-state index contributed by atoms with van der Waals surface area (Å²) in [6.07, 6.45) is 4.36. The summed E-state index contributed by atoms with van der Waals surface area (Å²) in [7, 11) is 0. The van der Waals surface area contributed by atoms with E-state index in [0.29, 0.717) is 11.3 Å². The van der Waals surface area contributed by atoms with Crippen LogP contribution in [0.15, 0.2) is 18.2 Å². The number of aliphatic hydroxyl groups excluding tert-OH is 1. The molecule has 1 aliphatic rings. The molecular formula is C14H21N3O2. The Morgan fingerprint density at radius 1 is 1.37 bits per heavy atom. The van der Waals surface area contributed by atoms with Gasteiger partial charge in [-0.05, 0) is 31.0 Å². The highest BCUT2D eigenvalue weighted by molar-refractivity contribution is 5.94. The summed E-state index contributed by atoms with van der Waals surface area (Å²) < 4.78 is 0. The zero-order chi connectivity index (χ0) is 13.8. The number of nitrogen functional groups attached to an aromatic ring is 1. The van der Waals surface area contributed by atoms with Crippen LogP contribution >= 0.6 is 0 Å². The molecule has 1 aromatic rings. The Balaban J connectivity index is 2.30. The summed E-state index contributed by atoms with van der Waals surface area (Å²) in [6.45, 7) is 1.00. The van der Waals surface area contributed by atoms with Crippen molar-refractivity contribution < 1.29 is 9.90 Å². The SMILES string of the molecule is NC(=O)c1ccc(N2CCCCCC2CO)c(N)c1. The molecule has 0 aromatic heterocycles. The van der Waals surface area contributed by atoms with E-state index in [4.69, 9.17) is 11.5 Å². The maximum Gasteiger partial charge on any atom is 0.248 e. The van der Waals surface area contributed by atoms with Crippen LogP contribution in [0.5, 0.6) is 0 Å². The van der Waals surface area contributed by atoms with E-state index in [1.54, 1.807) is 12.1 Å². The van der Waals surface area contributed by atoms with E-state index < -0.39 is 5.91 Å². The molecule has 1 heterocycles. The van der Waals surface area contributed by atoms with Gasteiger partial charge in [0.2, 0.25) is 5.91 Å². The Bertz CT molecular complexity index is 462. The third kappa shape index (κ3) is 2.98.